The fourth-order valence-corrected chi connectivity index (χ4v) is 3.01. The number of hydrogen-bond donors (Lipinski definition) is 2. The van der Waals surface area contributed by atoms with Crippen LogP contribution in [0.4, 0.5) is 13.2 Å². The monoisotopic (exact) mass is 366 g/mol. The smallest absolute Gasteiger partial charge is 0.390 e. The van der Waals surface area contributed by atoms with Crippen molar-refractivity contribution in [1.82, 2.24) is 19.7 Å². The van der Waals surface area contributed by atoms with Gasteiger partial charge in [-0.2, -0.15) is 18.3 Å². The van der Waals surface area contributed by atoms with Crippen molar-refractivity contribution < 1.29 is 18.3 Å². The fourth-order valence-electron chi connectivity index (χ4n) is 3.01. The molecule has 1 atom stereocenters. The predicted octanol–water partition coefficient (Wildman–Crippen LogP) is 2.86. The van der Waals surface area contributed by atoms with Crippen molar-refractivity contribution in [2.45, 2.75) is 39.6 Å². The standard InChI is InChI=1S/C17H17F3N4O2/c1-8-6-11(4-5-12(8)17(18,19)20)9(2)24-15-14(13(7-25)23-24)16(26)22-10(3)21-15/h4-6,9,25H,7H2,1-3H3,(H,21,22,26). The Balaban J connectivity index is 2.15. The maximum absolute atomic E-state index is 13.0. The minimum atomic E-state index is -4.42. The van der Waals surface area contributed by atoms with Crippen LogP contribution in [0.15, 0.2) is 23.0 Å². The Morgan fingerprint density at radius 2 is 2.00 bits per heavy atom. The van der Waals surface area contributed by atoms with Gasteiger partial charge in [0.05, 0.1) is 18.2 Å². The molecule has 0 amide bonds. The number of fused-ring (bicyclic) bond motifs is 1. The molecular formula is C17H17F3N4O2. The van der Waals surface area contributed by atoms with Gasteiger partial charge in [-0.15, -0.1) is 0 Å². The summed E-state index contributed by atoms with van der Waals surface area (Å²) in [6.45, 7) is 4.31. The van der Waals surface area contributed by atoms with Crippen LogP contribution in [0.2, 0.25) is 0 Å². The van der Waals surface area contributed by atoms with E-state index < -0.39 is 29.9 Å². The van der Waals surface area contributed by atoms with Crippen LogP contribution in [0.25, 0.3) is 11.0 Å². The molecule has 2 aromatic heterocycles. The van der Waals surface area contributed by atoms with E-state index in [4.69, 9.17) is 0 Å². The van der Waals surface area contributed by atoms with Gasteiger partial charge in [-0.05, 0) is 38.0 Å². The Labute approximate surface area is 146 Å². The Morgan fingerprint density at radius 3 is 2.58 bits per heavy atom. The molecule has 0 radical (unpaired) electrons. The van der Waals surface area contributed by atoms with Crippen molar-refractivity contribution in [3.8, 4) is 0 Å². The molecule has 26 heavy (non-hydrogen) atoms. The van der Waals surface area contributed by atoms with Gasteiger partial charge in [-0.25, -0.2) is 9.67 Å². The summed E-state index contributed by atoms with van der Waals surface area (Å²) in [6.07, 6.45) is -4.42. The molecule has 1 aromatic carbocycles. The molecule has 0 fully saturated rings. The quantitative estimate of drug-likeness (QED) is 0.747. The number of rotatable bonds is 3. The van der Waals surface area contributed by atoms with Crippen molar-refractivity contribution in [1.29, 1.82) is 0 Å². The Hall–Kier alpha value is -2.68. The maximum atomic E-state index is 13.0. The Morgan fingerprint density at radius 1 is 1.31 bits per heavy atom. The zero-order valence-electron chi connectivity index (χ0n) is 14.3. The molecule has 2 heterocycles. The third-order valence-corrected chi connectivity index (χ3v) is 4.31. The number of halogens is 3. The number of alkyl halides is 3. The summed E-state index contributed by atoms with van der Waals surface area (Å²) in [4.78, 5) is 19.0. The van der Waals surface area contributed by atoms with Gasteiger partial charge in [0.2, 0.25) is 0 Å². The number of aromatic amines is 1. The minimum absolute atomic E-state index is 0.0997. The number of benzene rings is 1. The van der Waals surface area contributed by atoms with E-state index in [0.717, 1.165) is 6.07 Å². The highest BCUT2D eigenvalue weighted by Crippen LogP contribution is 2.33. The lowest BCUT2D eigenvalue weighted by atomic mass is 10.0. The van der Waals surface area contributed by atoms with Crippen LogP contribution in [-0.4, -0.2) is 24.9 Å². The molecule has 138 valence electrons. The SMILES string of the molecule is Cc1nc2c(c(CO)nn2C(C)c2ccc(C(F)(F)F)c(C)c2)c(=O)[nH]1. The summed E-state index contributed by atoms with van der Waals surface area (Å²) < 4.78 is 40.3. The van der Waals surface area contributed by atoms with Crippen LogP contribution >= 0.6 is 0 Å². The van der Waals surface area contributed by atoms with Gasteiger partial charge in [-0.1, -0.05) is 12.1 Å². The molecule has 0 spiro atoms. The molecule has 2 N–H and O–H groups in total. The van der Waals surface area contributed by atoms with Crippen LogP contribution in [-0.2, 0) is 12.8 Å². The lowest BCUT2D eigenvalue weighted by Crippen LogP contribution is -2.14. The van der Waals surface area contributed by atoms with Gasteiger partial charge in [-0.3, -0.25) is 4.79 Å². The molecule has 6 nitrogen and oxygen atoms in total. The number of aryl methyl sites for hydroxylation is 2. The summed E-state index contributed by atoms with van der Waals surface area (Å²) in [5.74, 6) is 0.379. The van der Waals surface area contributed by atoms with Crippen LogP contribution in [0.5, 0.6) is 0 Å². The highest BCUT2D eigenvalue weighted by Gasteiger charge is 2.32. The number of H-pyrrole nitrogens is 1. The van der Waals surface area contributed by atoms with Crippen LogP contribution in [0, 0.1) is 13.8 Å². The summed E-state index contributed by atoms with van der Waals surface area (Å²) in [6, 6.07) is 3.38. The van der Waals surface area contributed by atoms with E-state index in [1.54, 1.807) is 13.8 Å². The number of nitrogens with zero attached hydrogens (tertiary/aromatic N) is 3. The van der Waals surface area contributed by atoms with E-state index in [0.29, 0.717) is 11.4 Å². The lowest BCUT2D eigenvalue weighted by molar-refractivity contribution is -0.138. The van der Waals surface area contributed by atoms with Gasteiger partial charge in [0.1, 0.15) is 16.9 Å². The van der Waals surface area contributed by atoms with Crippen molar-refractivity contribution in [3.05, 3.63) is 56.8 Å². The van der Waals surface area contributed by atoms with E-state index in [1.165, 1.54) is 23.7 Å². The van der Waals surface area contributed by atoms with E-state index in [1.807, 2.05) is 0 Å². The largest absolute Gasteiger partial charge is 0.416 e. The fraction of sp³-hybridized carbons (Fsp3) is 0.353. The second-order valence-electron chi connectivity index (χ2n) is 6.15. The zero-order valence-corrected chi connectivity index (χ0v) is 14.3. The summed E-state index contributed by atoms with van der Waals surface area (Å²) in [7, 11) is 0. The highest BCUT2D eigenvalue weighted by atomic mass is 19.4. The topological polar surface area (TPSA) is 83.8 Å². The van der Waals surface area contributed by atoms with Gasteiger partial charge in [0.25, 0.3) is 5.56 Å². The van der Waals surface area contributed by atoms with Crippen molar-refractivity contribution >= 4 is 11.0 Å². The number of hydrogen-bond acceptors (Lipinski definition) is 4. The molecule has 0 aliphatic carbocycles. The van der Waals surface area contributed by atoms with E-state index in [-0.39, 0.29) is 22.3 Å². The normalized spacial score (nSPS) is 13.3. The summed E-state index contributed by atoms with van der Waals surface area (Å²) in [5.41, 5.74) is 0.0234. The van der Waals surface area contributed by atoms with Gasteiger partial charge >= 0.3 is 6.18 Å². The highest BCUT2D eigenvalue weighted by molar-refractivity contribution is 5.77. The van der Waals surface area contributed by atoms with Gasteiger partial charge < -0.3 is 10.1 Å². The first-order valence-corrected chi connectivity index (χ1v) is 7.90. The van der Waals surface area contributed by atoms with Gasteiger partial charge in [0.15, 0.2) is 5.65 Å². The Bertz CT molecular complexity index is 1040. The third-order valence-electron chi connectivity index (χ3n) is 4.31. The molecule has 0 bridgehead atoms. The van der Waals surface area contributed by atoms with Crippen molar-refractivity contribution in [2.24, 2.45) is 0 Å². The van der Waals surface area contributed by atoms with E-state index in [2.05, 4.69) is 15.1 Å². The number of aromatic nitrogens is 4. The second kappa shape index (κ2) is 6.24. The zero-order chi connectivity index (χ0) is 19.2. The first-order chi connectivity index (χ1) is 12.1. The molecule has 0 aliphatic rings. The van der Waals surface area contributed by atoms with Crippen LogP contribution < -0.4 is 5.56 Å². The van der Waals surface area contributed by atoms with E-state index in [9.17, 15) is 23.1 Å². The van der Waals surface area contributed by atoms with E-state index >= 15 is 0 Å². The molecule has 3 aromatic rings. The van der Waals surface area contributed by atoms with Crippen LogP contribution in [0.1, 0.15) is 41.2 Å². The average Bonchev–Trinajstić information content (AvgIpc) is 2.91. The Kier molecular flexibility index (Phi) is 4.35. The predicted molar refractivity (Wildman–Crippen MR) is 88.8 cm³/mol. The van der Waals surface area contributed by atoms with Crippen molar-refractivity contribution in [2.75, 3.05) is 0 Å². The minimum Gasteiger partial charge on any atom is -0.390 e. The third kappa shape index (κ3) is 2.98. The van der Waals surface area contributed by atoms with Gasteiger partial charge in [0, 0.05) is 0 Å². The molecule has 9 heteroatoms. The second-order valence-corrected chi connectivity index (χ2v) is 6.15. The number of nitrogens with one attached hydrogen (secondary N) is 1. The maximum Gasteiger partial charge on any atom is 0.416 e. The number of aliphatic hydroxyl groups excluding tert-OH is 1. The molecular weight excluding hydrogens is 349 g/mol. The molecule has 1 unspecified atom stereocenters. The first kappa shape index (κ1) is 18.1. The first-order valence-electron chi connectivity index (χ1n) is 7.90. The molecule has 3 rings (SSSR count). The van der Waals surface area contributed by atoms with Crippen molar-refractivity contribution in [3.63, 3.8) is 0 Å². The summed E-state index contributed by atoms with van der Waals surface area (Å²) in [5, 5.41) is 13.9. The molecule has 0 saturated carbocycles. The average molecular weight is 366 g/mol. The molecule has 0 aliphatic heterocycles. The molecule has 0 saturated heterocycles. The summed E-state index contributed by atoms with van der Waals surface area (Å²) >= 11 is 0. The number of aliphatic hydroxyl groups is 1. The van der Waals surface area contributed by atoms with Crippen LogP contribution in [0.3, 0.4) is 0 Å². The lowest BCUT2D eigenvalue weighted by Gasteiger charge is -2.17.